The molecule has 0 radical (unpaired) electrons. The molecular weight excluding hydrogens is 454 g/mol. The number of nitrogens with zero attached hydrogens (tertiary/aromatic N) is 3. The number of rotatable bonds is 3. The summed E-state index contributed by atoms with van der Waals surface area (Å²) in [5, 5.41) is 20.2. The first kappa shape index (κ1) is 23.9. The molecule has 0 aromatic heterocycles. The van der Waals surface area contributed by atoms with Crippen molar-refractivity contribution in [2.24, 2.45) is 0 Å². The van der Waals surface area contributed by atoms with Crippen LogP contribution < -0.4 is 10.2 Å². The molecular formula is C21H14F6N4O2. The van der Waals surface area contributed by atoms with Crippen LogP contribution in [0.1, 0.15) is 22.3 Å². The van der Waals surface area contributed by atoms with Crippen molar-refractivity contribution in [3.63, 3.8) is 0 Å². The standard InChI is InChI=1S/C21H14F6N4O2/c1-11-6-12(8-28)2-5-16(11)30-18(32)17-10-31(19(33-17)21(25,26)27)14-4-3-13(9-29)15(7-14)20(22,23)24/h2-7,17,19H,10H2,1H3,(H,30,32)/t17-,19+/m0/s1. The Balaban J connectivity index is 1.91. The molecule has 0 bridgehead atoms. The number of carbonyl (C=O) groups is 1. The van der Waals surface area contributed by atoms with Crippen molar-refractivity contribution >= 4 is 17.3 Å². The summed E-state index contributed by atoms with van der Waals surface area (Å²) in [6.07, 6.45) is -14.3. The van der Waals surface area contributed by atoms with Crippen LogP contribution in [0, 0.1) is 29.6 Å². The topological polar surface area (TPSA) is 89.2 Å². The normalized spacial score (nSPS) is 18.5. The molecule has 2 aromatic carbocycles. The first-order valence-electron chi connectivity index (χ1n) is 9.27. The minimum Gasteiger partial charge on any atom is -0.335 e. The van der Waals surface area contributed by atoms with Gasteiger partial charge in [-0.15, -0.1) is 0 Å². The molecule has 0 spiro atoms. The van der Waals surface area contributed by atoms with E-state index in [1.165, 1.54) is 24.3 Å². The van der Waals surface area contributed by atoms with Gasteiger partial charge in [0.1, 0.15) is 0 Å². The van der Waals surface area contributed by atoms with E-state index in [4.69, 9.17) is 15.3 Å². The van der Waals surface area contributed by atoms with Gasteiger partial charge in [-0.2, -0.15) is 36.9 Å². The number of aryl methyl sites for hydroxylation is 1. The number of amides is 1. The quantitative estimate of drug-likeness (QED) is 0.671. The number of nitrogens with one attached hydrogen (secondary N) is 1. The van der Waals surface area contributed by atoms with Crippen LogP contribution in [0.5, 0.6) is 0 Å². The second-order valence-electron chi connectivity index (χ2n) is 7.14. The van der Waals surface area contributed by atoms with Crippen LogP contribution in [-0.2, 0) is 15.7 Å². The number of halogens is 6. The number of carbonyl (C=O) groups excluding carboxylic acids is 1. The lowest BCUT2D eigenvalue weighted by atomic mass is 10.1. The van der Waals surface area contributed by atoms with E-state index >= 15 is 0 Å². The van der Waals surface area contributed by atoms with E-state index in [9.17, 15) is 31.1 Å². The molecule has 12 heteroatoms. The lowest BCUT2D eigenvalue weighted by Gasteiger charge is -2.27. The summed E-state index contributed by atoms with van der Waals surface area (Å²) in [6.45, 7) is 0.890. The number of alkyl halides is 6. The Morgan fingerprint density at radius 3 is 2.33 bits per heavy atom. The maximum absolute atomic E-state index is 13.6. The molecule has 1 aliphatic heterocycles. The molecule has 2 aromatic rings. The lowest BCUT2D eigenvalue weighted by Crippen LogP contribution is -2.42. The summed E-state index contributed by atoms with van der Waals surface area (Å²) in [7, 11) is 0. The Morgan fingerprint density at radius 2 is 1.79 bits per heavy atom. The number of anilines is 2. The molecule has 2 atom stereocenters. The maximum Gasteiger partial charge on any atom is 0.433 e. The van der Waals surface area contributed by atoms with Crippen molar-refractivity contribution < 1.29 is 35.9 Å². The van der Waals surface area contributed by atoms with Crippen LogP contribution in [0.2, 0.25) is 0 Å². The molecule has 6 nitrogen and oxygen atoms in total. The molecule has 1 aliphatic rings. The van der Waals surface area contributed by atoms with Gasteiger partial charge in [0.2, 0.25) is 6.23 Å². The van der Waals surface area contributed by atoms with Crippen molar-refractivity contribution in [1.82, 2.24) is 0 Å². The molecule has 1 saturated heterocycles. The Kier molecular flexibility index (Phi) is 6.25. The predicted molar refractivity (Wildman–Crippen MR) is 103 cm³/mol. The molecule has 172 valence electrons. The highest BCUT2D eigenvalue weighted by Crippen LogP contribution is 2.39. The fraction of sp³-hybridized carbons (Fsp3) is 0.286. The highest BCUT2D eigenvalue weighted by atomic mass is 19.4. The summed E-state index contributed by atoms with van der Waals surface area (Å²) in [5.41, 5.74) is -1.63. The smallest absolute Gasteiger partial charge is 0.335 e. The molecule has 33 heavy (non-hydrogen) atoms. The molecule has 0 aliphatic carbocycles. The van der Waals surface area contributed by atoms with Gasteiger partial charge in [-0.1, -0.05) is 0 Å². The highest BCUT2D eigenvalue weighted by molar-refractivity contribution is 5.95. The average molecular weight is 468 g/mol. The largest absolute Gasteiger partial charge is 0.433 e. The summed E-state index contributed by atoms with van der Waals surface area (Å²) >= 11 is 0. The summed E-state index contributed by atoms with van der Waals surface area (Å²) in [4.78, 5) is 13.1. The van der Waals surface area contributed by atoms with Gasteiger partial charge in [0, 0.05) is 11.4 Å². The van der Waals surface area contributed by atoms with Crippen LogP contribution in [0.25, 0.3) is 0 Å². The zero-order chi connectivity index (χ0) is 24.6. The summed E-state index contributed by atoms with van der Waals surface area (Å²) in [5.74, 6) is -0.941. The number of hydrogen-bond donors (Lipinski definition) is 1. The Bertz CT molecular complexity index is 1160. The van der Waals surface area contributed by atoms with Gasteiger partial charge in [0.05, 0.1) is 35.4 Å². The second-order valence-corrected chi connectivity index (χ2v) is 7.14. The van der Waals surface area contributed by atoms with Crippen LogP contribution >= 0.6 is 0 Å². The van der Waals surface area contributed by atoms with Crippen LogP contribution in [-0.4, -0.2) is 31.0 Å². The number of nitriles is 2. The molecule has 0 unspecified atom stereocenters. The Labute approximate surface area is 183 Å². The van der Waals surface area contributed by atoms with Gasteiger partial charge in [0.25, 0.3) is 5.91 Å². The van der Waals surface area contributed by atoms with E-state index in [2.05, 4.69) is 5.32 Å². The molecule has 1 fully saturated rings. The average Bonchev–Trinajstić information content (AvgIpc) is 3.20. The minimum absolute atomic E-state index is 0.238. The third-order valence-corrected chi connectivity index (χ3v) is 4.89. The monoisotopic (exact) mass is 468 g/mol. The predicted octanol–water partition coefficient (Wildman–Crippen LogP) is 4.49. The van der Waals surface area contributed by atoms with E-state index in [0.717, 1.165) is 12.1 Å². The van der Waals surface area contributed by atoms with E-state index in [-0.39, 0.29) is 5.69 Å². The molecule has 1 N–H and O–H groups in total. The van der Waals surface area contributed by atoms with Crippen LogP contribution in [0.15, 0.2) is 36.4 Å². The van der Waals surface area contributed by atoms with Gasteiger partial charge in [-0.05, 0) is 48.9 Å². The lowest BCUT2D eigenvalue weighted by molar-refractivity contribution is -0.212. The molecule has 1 heterocycles. The van der Waals surface area contributed by atoms with Gasteiger partial charge in [-0.25, -0.2) is 0 Å². The summed E-state index contributed by atoms with van der Waals surface area (Å²) < 4.78 is 85.4. The first-order valence-corrected chi connectivity index (χ1v) is 9.27. The van der Waals surface area contributed by atoms with Gasteiger partial charge in [0.15, 0.2) is 6.10 Å². The number of hydrogen-bond acceptors (Lipinski definition) is 5. The third kappa shape index (κ3) is 5.02. The number of ether oxygens (including phenoxy) is 1. The van der Waals surface area contributed by atoms with Crippen molar-refractivity contribution in [2.45, 2.75) is 31.6 Å². The van der Waals surface area contributed by atoms with Crippen LogP contribution in [0.4, 0.5) is 37.7 Å². The van der Waals surface area contributed by atoms with E-state index in [1.54, 1.807) is 6.92 Å². The zero-order valence-electron chi connectivity index (χ0n) is 16.8. The molecule has 1 amide bonds. The number of benzene rings is 2. The molecule has 0 saturated carbocycles. The van der Waals surface area contributed by atoms with Crippen molar-refractivity contribution in [3.8, 4) is 12.1 Å². The third-order valence-electron chi connectivity index (χ3n) is 4.89. The second kappa shape index (κ2) is 8.64. The molecule has 3 rings (SSSR count). The fourth-order valence-electron chi connectivity index (χ4n) is 3.32. The van der Waals surface area contributed by atoms with Gasteiger partial charge < -0.3 is 15.0 Å². The van der Waals surface area contributed by atoms with Crippen molar-refractivity contribution in [1.29, 1.82) is 10.5 Å². The van der Waals surface area contributed by atoms with E-state index in [0.29, 0.717) is 22.1 Å². The highest BCUT2D eigenvalue weighted by Gasteiger charge is 2.52. The van der Waals surface area contributed by atoms with Gasteiger partial charge >= 0.3 is 12.4 Å². The van der Waals surface area contributed by atoms with Crippen LogP contribution in [0.3, 0.4) is 0 Å². The van der Waals surface area contributed by atoms with Crippen molar-refractivity contribution in [3.05, 3.63) is 58.7 Å². The fourth-order valence-corrected chi connectivity index (χ4v) is 3.32. The Morgan fingerprint density at radius 1 is 1.09 bits per heavy atom. The first-order chi connectivity index (χ1) is 15.3. The zero-order valence-corrected chi connectivity index (χ0v) is 16.8. The minimum atomic E-state index is -5.02. The maximum atomic E-state index is 13.6. The summed E-state index contributed by atoms with van der Waals surface area (Å²) in [6, 6.07) is 9.64. The van der Waals surface area contributed by atoms with E-state index < -0.39 is 54.0 Å². The SMILES string of the molecule is Cc1cc(C#N)ccc1NC(=O)[C@@H]1CN(c2ccc(C#N)c(C(F)(F)F)c2)[C@@H](C(F)(F)F)O1. The van der Waals surface area contributed by atoms with Crippen molar-refractivity contribution in [2.75, 3.05) is 16.8 Å². The van der Waals surface area contributed by atoms with Gasteiger partial charge in [-0.3, -0.25) is 4.79 Å². The Hall–Kier alpha value is -3.77. The van der Waals surface area contributed by atoms with E-state index in [1.807, 2.05) is 6.07 Å².